The number of aromatic nitrogens is 3. The van der Waals surface area contributed by atoms with Gasteiger partial charge in [-0.05, 0) is 23.8 Å². The first kappa shape index (κ1) is 16.0. The fourth-order valence-electron chi connectivity index (χ4n) is 3.53. The van der Waals surface area contributed by atoms with E-state index in [2.05, 4.69) is 14.9 Å². The maximum atomic E-state index is 12.2. The van der Waals surface area contributed by atoms with Crippen LogP contribution in [-0.2, 0) is 19.5 Å². The topological polar surface area (TPSA) is 73.9 Å². The van der Waals surface area contributed by atoms with Crippen LogP contribution in [0.4, 0.5) is 0 Å². The Hall–Kier alpha value is -2.51. The lowest BCUT2D eigenvalue weighted by atomic mass is 10.1. The van der Waals surface area contributed by atoms with Crippen LogP contribution >= 0.6 is 12.2 Å². The van der Waals surface area contributed by atoms with E-state index in [9.17, 15) is 9.59 Å². The highest BCUT2D eigenvalue weighted by Crippen LogP contribution is 2.24. The predicted molar refractivity (Wildman–Crippen MR) is 98.3 cm³/mol. The van der Waals surface area contributed by atoms with Gasteiger partial charge in [0, 0.05) is 50.3 Å². The van der Waals surface area contributed by atoms with Crippen molar-refractivity contribution in [2.75, 3.05) is 6.54 Å². The van der Waals surface area contributed by atoms with Gasteiger partial charge in [0.25, 0.3) is 5.56 Å². The first-order valence-electron chi connectivity index (χ1n) is 8.19. The molecule has 4 rings (SSSR count). The van der Waals surface area contributed by atoms with Gasteiger partial charge in [-0.15, -0.1) is 0 Å². The maximum absolute atomic E-state index is 12.2. The minimum absolute atomic E-state index is 0.00420. The van der Waals surface area contributed by atoms with Gasteiger partial charge in [-0.3, -0.25) is 24.0 Å². The molecular weight excluding hydrogens is 336 g/mol. The van der Waals surface area contributed by atoms with Gasteiger partial charge in [0.1, 0.15) is 0 Å². The number of hydrogen-bond acceptors (Lipinski definition) is 4. The average molecular weight is 354 g/mol. The summed E-state index contributed by atoms with van der Waals surface area (Å²) in [7, 11) is 0. The lowest BCUT2D eigenvalue weighted by Crippen LogP contribution is -2.35. The monoisotopic (exact) mass is 354 g/mol. The zero-order valence-electron chi connectivity index (χ0n) is 13.8. The summed E-state index contributed by atoms with van der Waals surface area (Å²) in [5.41, 5.74) is 3.57. The van der Waals surface area contributed by atoms with E-state index in [1.807, 2.05) is 30.5 Å². The normalized spacial score (nSPS) is 14.6. The number of carbonyl (C=O) groups is 1. The van der Waals surface area contributed by atoms with E-state index in [1.165, 1.54) is 0 Å². The molecule has 3 aromatic rings. The Bertz CT molecular complexity index is 1090. The van der Waals surface area contributed by atoms with E-state index >= 15 is 0 Å². The molecule has 2 aromatic heterocycles. The quantitative estimate of drug-likeness (QED) is 0.694. The molecule has 1 aliphatic rings. The Morgan fingerprint density at radius 1 is 1.28 bits per heavy atom. The molecule has 0 bridgehead atoms. The number of nitrogens with zero attached hydrogens (tertiary/aromatic N) is 2. The van der Waals surface area contributed by atoms with Crippen molar-refractivity contribution in [2.45, 2.75) is 26.4 Å². The molecule has 3 heterocycles. The fourth-order valence-corrected chi connectivity index (χ4v) is 3.74. The van der Waals surface area contributed by atoms with Gasteiger partial charge in [-0.2, -0.15) is 0 Å². The van der Waals surface area contributed by atoms with Gasteiger partial charge in [-0.25, -0.2) is 0 Å². The summed E-state index contributed by atoms with van der Waals surface area (Å²) >= 11 is 5.04. The summed E-state index contributed by atoms with van der Waals surface area (Å²) in [5.74, 6) is -0.00420. The van der Waals surface area contributed by atoms with E-state index in [4.69, 9.17) is 12.2 Å². The van der Waals surface area contributed by atoms with Crippen molar-refractivity contribution in [3.63, 3.8) is 0 Å². The Morgan fingerprint density at radius 3 is 2.88 bits per heavy atom. The summed E-state index contributed by atoms with van der Waals surface area (Å²) in [5, 5.41) is 1.07. The van der Waals surface area contributed by atoms with Crippen molar-refractivity contribution in [2.24, 2.45) is 0 Å². The third kappa shape index (κ3) is 2.85. The SMILES string of the molecule is CC(=O)n1cc(CN2CCc3[nH]c(=S)[nH]c(=O)c3C2)c2ccccc21. The number of nitrogens with one attached hydrogen (secondary N) is 2. The van der Waals surface area contributed by atoms with Crippen LogP contribution in [-0.4, -0.2) is 31.9 Å². The number of para-hydroxylation sites is 1. The lowest BCUT2D eigenvalue weighted by Gasteiger charge is -2.27. The number of H-pyrrole nitrogens is 2. The maximum Gasteiger partial charge on any atom is 0.256 e. The van der Waals surface area contributed by atoms with Gasteiger partial charge < -0.3 is 4.98 Å². The van der Waals surface area contributed by atoms with Gasteiger partial charge in [-0.1, -0.05) is 18.2 Å². The highest BCUT2D eigenvalue weighted by molar-refractivity contribution is 7.71. The molecule has 1 aromatic carbocycles. The minimum Gasteiger partial charge on any atom is -0.335 e. The van der Waals surface area contributed by atoms with Crippen LogP contribution in [0, 0.1) is 4.77 Å². The van der Waals surface area contributed by atoms with Gasteiger partial charge in [0.15, 0.2) is 4.77 Å². The number of fused-ring (bicyclic) bond motifs is 2. The third-order valence-corrected chi connectivity index (χ3v) is 4.92. The second-order valence-corrected chi connectivity index (χ2v) is 6.79. The third-order valence-electron chi connectivity index (χ3n) is 4.72. The van der Waals surface area contributed by atoms with Crippen molar-refractivity contribution < 1.29 is 4.79 Å². The Balaban J connectivity index is 1.68. The Morgan fingerprint density at radius 2 is 2.08 bits per heavy atom. The second-order valence-electron chi connectivity index (χ2n) is 6.39. The number of benzene rings is 1. The second kappa shape index (κ2) is 6.09. The van der Waals surface area contributed by atoms with E-state index in [1.54, 1.807) is 11.5 Å². The highest BCUT2D eigenvalue weighted by atomic mass is 32.1. The van der Waals surface area contributed by atoms with Crippen LogP contribution in [0.25, 0.3) is 10.9 Å². The average Bonchev–Trinajstić information content (AvgIpc) is 2.94. The van der Waals surface area contributed by atoms with Crippen LogP contribution in [0.3, 0.4) is 0 Å². The molecular formula is C18H18N4O2S. The Labute approximate surface area is 149 Å². The van der Waals surface area contributed by atoms with Crippen molar-refractivity contribution >= 4 is 29.0 Å². The minimum atomic E-state index is -0.116. The van der Waals surface area contributed by atoms with E-state index in [0.717, 1.165) is 40.7 Å². The summed E-state index contributed by atoms with van der Waals surface area (Å²) in [6.45, 7) is 3.65. The van der Waals surface area contributed by atoms with Crippen LogP contribution in [0.15, 0.2) is 35.3 Å². The van der Waals surface area contributed by atoms with Crippen LogP contribution in [0.1, 0.15) is 28.5 Å². The number of rotatable bonds is 2. The summed E-state index contributed by atoms with van der Waals surface area (Å²) in [6.07, 6.45) is 2.67. The molecule has 0 atom stereocenters. The molecule has 0 saturated carbocycles. The molecule has 128 valence electrons. The smallest absolute Gasteiger partial charge is 0.256 e. The van der Waals surface area contributed by atoms with E-state index < -0.39 is 0 Å². The zero-order chi connectivity index (χ0) is 17.6. The largest absolute Gasteiger partial charge is 0.335 e. The standard InChI is InChI=1S/C18H18N4O2S/c1-11(23)22-9-12(13-4-2-3-5-16(13)22)8-21-7-6-15-14(10-21)17(24)20-18(25)19-15/h2-5,9H,6-8,10H2,1H3,(H2,19,20,24,25). The molecule has 0 amide bonds. The van der Waals surface area contributed by atoms with Crippen LogP contribution in [0.5, 0.6) is 0 Å². The summed E-state index contributed by atoms with van der Waals surface area (Å²) < 4.78 is 2.06. The number of carbonyl (C=O) groups excluding carboxylic acids is 1. The van der Waals surface area contributed by atoms with Crippen LogP contribution in [0.2, 0.25) is 0 Å². The molecule has 0 radical (unpaired) electrons. The van der Waals surface area contributed by atoms with E-state index in [0.29, 0.717) is 17.9 Å². The zero-order valence-corrected chi connectivity index (χ0v) is 14.7. The number of hydrogen-bond donors (Lipinski definition) is 2. The molecule has 1 aliphatic heterocycles. The molecule has 25 heavy (non-hydrogen) atoms. The van der Waals surface area contributed by atoms with Gasteiger partial charge in [0.05, 0.1) is 11.1 Å². The highest BCUT2D eigenvalue weighted by Gasteiger charge is 2.21. The van der Waals surface area contributed by atoms with Gasteiger partial charge in [0.2, 0.25) is 5.91 Å². The lowest BCUT2D eigenvalue weighted by molar-refractivity contribution is 0.0941. The molecule has 0 unspecified atom stereocenters. The first-order valence-corrected chi connectivity index (χ1v) is 8.60. The molecule has 7 heteroatoms. The molecule has 6 nitrogen and oxygen atoms in total. The van der Waals surface area contributed by atoms with Crippen molar-refractivity contribution in [3.05, 3.63) is 62.4 Å². The molecule has 2 N–H and O–H groups in total. The van der Waals surface area contributed by atoms with Crippen LogP contribution < -0.4 is 5.56 Å². The molecule has 0 saturated heterocycles. The molecule has 0 aliphatic carbocycles. The molecule has 0 spiro atoms. The summed E-state index contributed by atoms with van der Waals surface area (Å²) in [6, 6.07) is 7.90. The van der Waals surface area contributed by atoms with Crippen molar-refractivity contribution in [1.29, 1.82) is 0 Å². The Kier molecular flexibility index (Phi) is 3.89. The van der Waals surface area contributed by atoms with E-state index in [-0.39, 0.29) is 11.5 Å². The first-order chi connectivity index (χ1) is 12.0. The summed E-state index contributed by atoms with van der Waals surface area (Å²) in [4.78, 5) is 32.0. The predicted octanol–water partition coefficient (Wildman–Crippen LogP) is 2.61. The van der Waals surface area contributed by atoms with Crippen molar-refractivity contribution in [1.82, 2.24) is 19.4 Å². The number of aromatic amines is 2. The molecule has 0 fully saturated rings. The fraction of sp³-hybridized carbons (Fsp3) is 0.278. The van der Waals surface area contributed by atoms with Gasteiger partial charge >= 0.3 is 0 Å². The van der Waals surface area contributed by atoms with Crippen molar-refractivity contribution in [3.8, 4) is 0 Å².